The van der Waals surface area contributed by atoms with E-state index in [4.69, 9.17) is 37.9 Å². The molecule has 5 aliphatic rings. The second-order valence-corrected chi connectivity index (χ2v) is 19.1. The van der Waals surface area contributed by atoms with Crippen LogP contribution in [0.5, 0.6) is 0 Å². The third-order valence-corrected chi connectivity index (χ3v) is 15.2. The van der Waals surface area contributed by atoms with Crippen LogP contribution in [0.1, 0.15) is 109 Å². The Morgan fingerprint density at radius 2 is 1.51 bits per heavy atom. The van der Waals surface area contributed by atoms with Crippen molar-refractivity contribution in [1.29, 1.82) is 0 Å². The molecular weight excluding hydrogens is 887 g/mol. The summed E-state index contributed by atoms with van der Waals surface area (Å²) in [4.78, 5) is 80.4. The van der Waals surface area contributed by atoms with Crippen molar-refractivity contribution in [2.24, 2.45) is 16.7 Å². The Hall–Kier alpha value is -5.53. The van der Waals surface area contributed by atoms with Gasteiger partial charge in [-0.2, -0.15) is 0 Å². The molecular formula is C50H61NO17. The first-order valence-corrected chi connectivity index (χ1v) is 22.9. The second-order valence-electron chi connectivity index (χ2n) is 19.1. The molecule has 0 spiro atoms. The number of hydrogen-bond acceptors (Lipinski definition) is 18. The first-order valence-electron chi connectivity index (χ1n) is 22.9. The zero-order chi connectivity index (χ0) is 49.4. The minimum absolute atomic E-state index is 0.00906. The van der Waals surface area contributed by atoms with E-state index in [1.807, 2.05) is 43.3 Å². The molecule has 0 unspecified atom stereocenters. The topological polar surface area (TPSA) is 250 Å². The van der Waals surface area contributed by atoms with Crippen LogP contribution in [0, 0.1) is 16.7 Å². The standard InChI is InChI=1S/C50H61NO17/c1-28(62-44(57)34-14-11-23-51-26-34)48(58)21-22-50(60)47(48,7)39(68-40(56)16-15-33-12-9-8-10-13-33)25-38-46(6)19-18-36(24-35(46)17-20-49(38,50)59)66-45-43(65-32(5)55)42(64-31(4)54)41(63-30(3)53)37(67-45)27-61-29(2)52/h8-17,23,26,28,36-39,41-43,45,58-60H,18-22,24-25,27H2,1-7H3/b16-15+/t28-,36-,37+,38+,39+,41-,42-,43+,45+,46-,47+,48+,49-,50+/m0/s1. The zero-order valence-electron chi connectivity index (χ0n) is 39.3. The van der Waals surface area contributed by atoms with E-state index in [0.717, 1.165) is 31.9 Å². The van der Waals surface area contributed by atoms with Gasteiger partial charge in [-0.1, -0.05) is 55.8 Å². The van der Waals surface area contributed by atoms with Gasteiger partial charge in [0.05, 0.1) is 17.1 Å². The number of nitrogens with zero attached hydrogens (tertiary/aromatic N) is 1. The maximum absolute atomic E-state index is 13.9. The van der Waals surface area contributed by atoms with Gasteiger partial charge in [0.2, 0.25) is 0 Å². The van der Waals surface area contributed by atoms with Crippen molar-refractivity contribution in [2.45, 2.75) is 159 Å². The lowest BCUT2D eigenvalue weighted by Gasteiger charge is -2.67. The van der Waals surface area contributed by atoms with Crippen LogP contribution in [0.15, 0.2) is 72.6 Å². The number of rotatable bonds is 13. The van der Waals surface area contributed by atoms with Crippen molar-refractivity contribution in [3.05, 3.63) is 83.7 Å². The Kier molecular flexibility index (Phi) is 14.4. The fourth-order valence-corrected chi connectivity index (χ4v) is 11.8. The molecule has 0 amide bonds. The molecule has 4 fully saturated rings. The molecule has 2 heterocycles. The zero-order valence-corrected chi connectivity index (χ0v) is 39.3. The molecule has 1 aliphatic heterocycles. The van der Waals surface area contributed by atoms with E-state index < -0.39 is 125 Å². The summed E-state index contributed by atoms with van der Waals surface area (Å²) in [5.74, 6) is -5.26. The van der Waals surface area contributed by atoms with Gasteiger partial charge >= 0.3 is 35.8 Å². The third kappa shape index (κ3) is 9.20. The highest BCUT2D eigenvalue weighted by molar-refractivity contribution is 5.89. The summed E-state index contributed by atoms with van der Waals surface area (Å²) in [5, 5.41) is 39.5. The molecule has 68 heavy (non-hydrogen) atoms. The fraction of sp³-hybridized carbons (Fsp3) is 0.580. The SMILES string of the molecule is CC(=O)OC[C@H]1O[C@@H](O[C@H]2CC[C@@]3(C)C(=CC[C@]4(O)[C@@H]3C[C@@H](OC(=O)/C=C/c3ccccc3)[C@@]3(C)[C@]4(O)CC[C@@]3(O)[C@H](C)OC(=O)c3cccnc3)C2)[C@H](OC(C)=O)[C@@H](OC(C)=O)[C@H]1OC(C)=O. The van der Waals surface area contributed by atoms with Gasteiger partial charge in [0.15, 0.2) is 24.6 Å². The van der Waals surface area contributed by atoms with Crippen LogP contribution in [-0.2, 0) is 61.9 Å². The number of ether oxygens (including phenoxy) is 8. The van der Waals surface area contributed by atoms with E-state index in [9.17, 15) is 44.1 Å². The maximum atomic E-state index is 13.9. The number of benzene rings is 1. The summed E-state index contributed by atoms with van der Waals surface area (Å²) in [6, 6.07) is 12.2. The van der Waals surface area contributed by atoms with Crippen LogP contribution in [0.3, 0.4) is 0 Å². The third-order valence-electron chi connectivity index (χ3n) is 15.2. The Balaban J connectivity index is 1.21. The van der Waals surface area contributed by atoms with Crippen LogP contribution >= 0.6 is 0 Å². The second kappa shape index (κ2) is 19.5. The molecule has 18 heteroatoms. The predicted octanol–water partition coefficient (Wildman–Crippen LogP) is 4.25. The molecule has 14 atom stereocenters. The number of hydrogen-bond donors (Lipinski definition) is 3. The Labute approximate surface area is 394 Å². The molecule has 368 valence electrons. The Morgan fingerprint density at radius 3 is 2.16 bits per heavy atom. The van der Waals surface area contributed by atoms with Crippen LogP contribution < -0.4 is 0 Å². The number of esters is 6. The summed E-state index contributed by atoms with van der Waals surface area (Å²) < 4.78 is 47.0. The lowest BCUT2D eigenvalue weighted by Crippen LogP contribution is -2.78. The summed E-state index contributed by atoms with van der Waals surface area (Å²) in [7, 11) is 0. The molecule has 0 radical (unpaired) electrons. The van der Waals surface area contributed by atoms with E-state index >= 15 is 0 Å². The number of fused-ring (bicyclic) bond motifs is 5. The molecule has 2 aromatic rings. The van der Waals surface area contributed by atoms with Crippen molar-refractivity contribution in [2.75, 3.05) is 6.61 Å². The van der Waals surface area contributed by atoms with Crippen LogP contribution in [0.4, 0.5) is 0 Å². The molecule has 1 aromatic heterocycles. The summed E-state index contributed by atoms with van der Waals surface area (Å²) in [6.45, 7) is 9.22. The minimum Gasteiger partial charge on any atom is -0.463 e. The van der Waals surface area contributed by atoms with Crippen LogP contribution in [-0.4, -0.2) is 129 Å². The number of aromatic nitrogens is 1. The lowest BCUT2D eigenvalue weighted by molar-refractivity contribution is -0.329. The minimum atomic E-state index is -2.10. The van der Waals surface area contributed by atoms with Crippen molar-refractivity contribution in [1.82, 2.24) is 4.98 Å². The van der Waals surface area contributed by atoms with Gasteiger partial charge in [0.1, 0.15) is 41.7 Å². The van der Waals surface area contributed by atoms with Gasteiger partial charge < -0.3 is 53.2 Å². The predicted molar refractivity (Wildman–Crippen MR) is 236 cm³/mol. The monoisotopic (exact) mass is 947 g/mol. The lowest BCUT2D eigenvalue weighted by atomic mass is 9.42. The van der Waals surface area contributed by atoms with E-state index in [-0.39, 0.29) is 37.7 Å². The van der Waals surface area contributed by atoms with Gasteiger partial charge in [-0.3, -0.25) is 24.2 Å². The highest BCUT2D eigenvalue weighted by Crippen LogP contribution is 2.71. The van der Waals surface area contributed by atoms with E-state index in [0.29, 0.717) is 12.8 Å². The smallest absolute Gasteiger partial charge is 0.340 e. The first-order chi connectivity index (χ1) is 32.1. The summed E-state index contributed by atoms with van der Waals surface area (Å²) in [6.07, 6.45) is -1.85. The molecule has 3 N–H and O–H groups in total. The normalized spacial score (nSPS) is 36.6. The number of pyridine rings is 1. The number of carbonyl (C=O) groups is 6. The molecule has 4 aliphatic carbocycles. The average Bonchev–Trinajstić information content (AvgIpc) is 3.52. The van der Waals surface area contributed by atoms with Gasteiger partial charge in [-0.15, -0.1) is 0 Å². The van der Waals surface area contributed by atoms with Gasteiger partial charge in [0.25, 0.3) is 0 Å². The maximum Gasteiger partial charge on any atom is 0.340 e. The van der Waals surface area contributed by atoms with E-state index in [1.165, 1.54) is 38.4 Å². The van der Waals surface area contributed by atoms with Gasteiger partial charge in [-0.25, -0.2) is 9.59 Å². The van der Waals surface area contributed by atoms with E-state index in [2.05, 4.69) is 4.98 Å². The highest BCUT2D eigenvalue weighted by atomic mass is 16.7. The first kappa shape index (κ1) is 50.3. The number of aliphatic hydroxyl groups is 3. The average molecular weight is 948 g/mol. The quantitative estimate of drug-likeness (QED) is 0.110. The van der Waals surface area contributed by atoms with E-state index in [1.54, 1.807) is 19.1 Å². The molecule has 7 rings (SSSR count). The number of carbonyl (C=O) groups excluding carboxylic acids is 6. The van der Waals surface area contributed by atoms with Crippen LogP contribution in [0.2, 0.25) is 0 Å². The largest absolute Gasteiger partial charge is 0.463 e. The Morgan fingerprint density at radius 1 is 0.838 bits per heavy atom. The summed E-state index contributed by atoms with van der Waals surface area (Å²) in [5.41, 5.74) is -6.94. The van der Waals surface area contributed by atoms with Gasteiger partial charge in [0, 0.05) is 52.1 Å². The van der Waals surface area contributed by atoms with Crippen molar-refractivity contribution in [3.63, 3.8) is 0 Å². The van der Waals surface area contributed by atoms with Gasteiger partial charge in [-0.05, 0) is 81.1 Å². The molecule has 18 nitrogen and oxygen atoms in total. The highest BCUT2D eigenvalue weighted by Gasteiger charge is 2.81. The summed E-state index contributed by atoms with van der Waals surface area (Å²) >= 11 is 0. The molecule has 0 bridgehead atoms. The van der Waals surface area contributed by atoms with Crippen molar-refractivity contribution in [3.8, 4) is 0 Å². The molecule has 3 saturated carbocycles. The fourth-order valence-electron chi connectivity index (χ4n) is 11.8. The van der Waals surface area contributed by atoms with Crippen molar-refractivity contribution >= 4 is 41.9 Å². The molecule has 1 aromatic carbocycles. The van der Waals surface area contributed by atoms with Crippen molar-refractivity contribution < 1.29 is 82.0 Å². The Bertz CT molecular complexity index is 2310. The van der Waals surface area contributed by atoms with Crippen LogP contribution in [0.25, 0.3) is 6.08 Å². The molecule has 1 saturated heterocycles.